The summed E-state index contributed by atoms with van der Waals surface area (Å²) in [4.78, 5) is 39.4. The Bertz CT molecular complexity index is 1880. The number of nitrogens with zero attached hydrogens (tertiary/aromatic N) is 3. The van der Waals surface area contributed by atoms with Gasteiger partial charge in [0.2, 0.25) is 0 Å². The van der Waals surface area contributed by atoms with E-state index in [1.54, 1.807) is 42.6 Å². The van der Waals surface area contributed by atoms with Crippen LogP contribution in [0.2, 0.25) is 0 Å². The molecule has 3 aromatic rings. The number of carbonyl (C=O) groups is 2. The maximum atomic E-state index is 13.1. The fraction of sp³-hybridized carbons (Fsp3) is 0.395. The number of rotatable bonds is 10. The first kappa shape index (κ1) is 39.7. The highest BCUT2D eigenvalue weighted by Gasteiger charge is 2.31. The van der Waals surface area contributed by atoms with Crippen LogP contribution in [0.3, 0.4) is 0 Å². The second kappa shape index (κ2) is 17.5. The van der Waals surface area contributed by atoms with Crippen molar-refractivity contribution in [1.82, 2.24) is 0 Å². The van der Waals surface area contributed by atoms with E-state index >= 15 is 0 Å². The molecule has 53 heavy (non-hydrogen) atoms. The SMILES string of the molecule is Cc1ccc(COCC(F)(F)F)c(C2CC/C(=N/C(=O)Nc3ccc(C4=NC(CCc5ccc(OC(F)(F)F)cc5)CC=N4)cc3C)SCC(=O)C2)c1. The number of aryl methyl sites for hydroxylation is 3. The highest BCUT2D eigenvalue weighted by molar-refractivity contribution is 8.14. The van der Waals surface area contributed by atoms with Crippen molar-refractivity contribution in [3.05, 3.63) is 94.0 Å². The molecule has 2 aliphatic heterocycles. The molecule has 2 unspecified atom stereocenters. The molecule has 0 aromatic heterocycles. The lowest BCUT2D eigenvalue weighted by Gasteiger charge is -2.23. The van der Waals surface area contributed by atoms with Crippen LogP contribution in [0.4, 0.5) is 36.8 Å². The van der Waals surface area contributed by atoms with Gasteiger partial charge in [0.15, 0.2) is 5.84 Å². The molecule has 2 amide bonds. The zero-order chi connectivity index (χ0) is 38.2. The predicted molar refractivity (Wildman–Crippen MR) is 193 cm³/mol. The topological polar surface area (TPSA) is 102 Å². The van der Waals surface area contributed by atoms with Gasteiger partial charge in [0.25, 0.3) is 0 Å². The molecule has 0 radical (unpaired) electrons. The third-order valence-corrected chi connectivity index (χ3v) is 9.71. The average molecular weight is 761 g/mol. The maximum Gasteiger partial charge on any atom is 0.573 e. The number of aliphatic imine (C=N–C) groups is 3. The number of Topliss-reactive ketones (excluding diaryl/α,β-unsaturated/α-hetero) is 1. The van der Waals surface area contributed by atoms with Crippen LogP contribution >= 0.6 is 11.8 Å². The lowest BCUT2D eigenvalue weighted by Crippen LogP contribution is -2.19. The van der Waals surface area contributed by atoms with E-state index in [4.69, 9.17) is 9.73 Å². The molecule has 0 bridgehead atoms. The Morgan fingerprint density at radius 2 is 1.79 bits per heavy atom. The summed E-state index contributed by atoms with van der Waals surface area (Å²) in [5, 5.41) is 3.30. The van der Waals surface area contributed by atoms with Crippen molar-refractivity contribution in [3.63, 3.8) is 0 Å². The van der Waals surface area contributed by atoms with Gasteiger partial charge in [-0.2, -0.15) is 18.2 Å². The minimum atomic E-state index is -4.74. The summed E-state index contributed by atoms with van der Waals surface area (Å²) in [6.45, 7) is 2.10. The normalized spacial score (nSPS) is 19.1. The van der Waals surface area contributed by atoms with Crippen LogP contribution in [0, 0.1) is 13.8 Å². The minimum Gasteiger partial charge on any atom is -0.406 e. The first-order valence-corrected chi connectivity index (χ1v) is 17.9. The summed E-state index contributed by atoms with van der Waals surface area (Å²) in [5.74, 6) is 0.0624. The Morgan fingerprint density at radius 1 is 1.02 bits per heavy atom. The van der Waals surface area contributed by atoms with Gasteiger partial charge in [0, 0.05) is 30.3 Å². The van der Waals surface area contributed by atoms with E-state index in [9.17, 15) is 35.9 Å². The van der Waals surface area contributed by atoms with Crippen LogP contribution in [0.25, 0.3) is 0 Å². The summed E-state index contributed by atoms with van der Waals surface area (Å²) < 4.78 is 84.3. The van der Waals surface area contributed by atoms with Crippen LogP contribution in [0.15, 0.2) is 75.6 Å². The fourth-order valence-electron chi connectivity index (χ4n) is 6.07. The molecule has 8 nitrogen and oxygen atoms in total. The molecule has 2 aliphatic rings. The summed E-state index contributed by atoms with van der Waals surface area (Å²) >= 11 is 1.21. The van der Waals surface area contributed by atoms with E-state index < -0.39 is 25.2 Å². The minimum absolute atomic E-state index is 0.0490. The van der Waals surface area contributed by atoms with Gasteiger partial charge >= 0.3 is 18.6 Å². The Hall–Kier alpha value is -4.50. The Morgan fingerprint density at radius 3 is 2.51 bits per heavy atom. The molecule has 15 heteroatoms. The summed E-state index contributed by atoms with van der Waals surface area (Å²) in [6, 6.07) is 15.9. The number of hydrogen-bond donors (Lipinski definition) is 1. The van der Waals surface area contributed by atoms with Gasteiger partial charge in [-0.25, -0.2) is 9.79 Å². The Balaban J connectivity index is 1.19. The molecule has 1 fully saturated rings. The van der Waals surface area contributed by atoms with Gasteiger partial charge in [0.1, 0.15) is 18.1 Å². The standard InChI is InChI=1S/C38H38F6N4O4S/c1-23-3-7-28(20-51-22-37(39,40)41)32(17-23)26-9-14-34(53-21-30(49)19-26)48-36(50)47-33-13-8-27(18-24(33)2)35-45-16-15-29(46-35)10-4-25-5-11-31(12-6-25)52-38(42,43)44/h3,5-8,11-13,16-18,26,29H,4,9-10,14-15,19-22H2,1-2H3,(H,47,50)/b48-34-. The molecule has 5 rings (SSSR count). The van der Waals surface area contributed by atoms with Gasteiger partial charge in [-0.3, -0.25) is 9.79 Å². The van der Waals surface area contributed by atoms with Crippen molar-refractivity contribution in [2.24, 2.45) is 15.0 Å². The molecular formula is C38H38F6N4O4S. The van der Waals surface area contributed by atoms with Crippen molar-refractivity contribution in [3.8, 4) is 5.75 Å². The van der Waals surface area contributed by atoms with E-state index in [1.165, 1.54) is 23.9 Å². The number of benzene rings is 3. The lowest BCUT2D eigenvalue weighted by atomic mass is 9.86. The van der Waals surface area contributed by atoms with E-state index in [0.29, 0.717) is 54.2 Å². The molecule has 1 saturated heterocycles. The van der Waals surface area contributed by atoms with Gasteiger partial charge in [-0.05, 0) is 98.0 Å². The molecule has 1 N–H and O–H groups in total. The number of thioether (sulfide) groups is 1. The Labute approximate surface area is 307 Å². The maximum absolute atomic E-state index is 13.1. The number of hydrogen-bond acceptors (Lipinski definition) is 7. The number of alkyl halides is 6. The van der Waals surface area contributed by atoms with Crippen molar-refractivity contribution >= 4 is 46.4 Å². The van der Waals surface area contributed by atoms with E-state index in [0.717, 1.165) is 27.8 Å². The molecule has 0 aliphatic carbocycles. The van der Waals surface area contributed by atoms with Crippen molar-refractivity contribution in [2.45, 2.75) is 83.5 Å². The van der Waals surface area contributed by atoms with E-state index in [1.807, 2.05) is 26.0 Å². The molecule has 0 saturated carbocycles. The largest absolute Gasteiger partial charge is 0.573 e. The summed E-state index contributed by atoms with van der Waals surface area (Å²) in [7, 11) is 0. The smallest absolute Gasteiger partial charge is 0.406 e. The van der Waals surface area contributed by atoms with Crippen molar-refractivity contribution in [1.29, 1.82) is 0 Å². The zero-order valence-electron chi connectivity index (χ0n) is 29.0. The van der Waals surface area contributed by atoms with Gasteiger partial charge in [0.05, 0.1) is 23.4 Å². The molecule has 2 heterocycles. The summed E-state index contributed by atoms with van der Waals surface area (Å²) in [5.41, 5.74) is 5.15. The number of nitrogens with one attached hydrogen (secondary N) is 1. The van der Waals surface area contributed by atoms with Crippen molar-refractivity contribution < 1.29 is 45.4 Å². The second-order valence-corrected chi connectivity index (χ2v) is 14.0. The first-order chi connectivity index (χ1) is 25.1. The quantitative estimate of drug-likeness (QED) is 0.208. The third kappa shape index (κ3) is 12.6. The first-order valence-electron chi connectivity index (χ1n) is 16.9. The van der Waals surface area contributed by atoms with Gasteiger partial charge < -0.3 is 14.8 Å². The number of ketones is 1. The zero-order valence-corrected chi connectivity index (χ0v) is 29.8. The van der Waals surface area contributed by atoms with Crippen LogP contribution in [-0.4, -0.2) is 59.8 Å². The second-order valence-electron chi connectivity index (χ2n) is 12.9. The van der Waals surface area contributed by atoms with Crippen molar-refractivity contribution in [2.75, 3.05) is 17.7 Å². The van der Waals surface area contributed by atoms with E-state index in [-0.39, 0.29) is 42.3 Å². The molecule has 282 valence electrons. The number of amides is 2. The number of urea groups is 1. The predicted octanol–water partition coefficient (Wildman–Crippen LogP) is 9.70. The number of anilines is 1. The van der Waals surface area contributed by atoms with Crippen LogP contribution < -0.4 is 10.1 Å². The third-order valence-electron chi connectivity index (χ3n) is 8.62. The van der Waals surface area contributed by atoms with Gasteiger partial charge in [-0.15, -0.1) is 24.9 Å². The molecular weight excluding hydrogens is 722 g/mol. The molecule has 3 aromatic carbocycles. The van der Waals surface area contributed by atoms with E-state index in [2.05, 4.69) is 20.0 Å². The van der Waals surface area contributed by atoms with Gasteiger partial charge in [-0.1, -0.05) is 35.9 Å². The average Bonchev–Trinajstić information content (AvgIpc) is 3.08. The monoisotopic (exact) mass is 760 g/mol. The lowest BCUT2D eigenvalue weighted by molar-refractivity contribution is -0.274. The number of carbonyl (C=O) groups excluding carboxylic acids is 2. The highest BCUT2D eigenvalue weighted by Crippen LogP contribution is 2.34. The highest BCUT2D eigenvalue weighted by atomic mass is 32.2. The summed E-state index contributed by atoms with van der Waals surface area (Å²) in [6.07, 6.45) is -4.41. The fourth-order valence-corrected chi connectivity index (χ4v) is 6.92. The molecule has 2 atom stereocenters. The molecule has 0 spiro atoms. The Kier molecular flexibility index (Phi) is 13.1. The van der Waals surface area contributed by atoms with Crippen LogP contribution in [0.1, 0.15) is 71.4 Å². The van der Waals surface area contributed by atoms with Crippen LogP contribution in [0.5, 0.6) is 5.75 Å². The van der Waals surface area contributed by atoms with Crippen LogP contribution in [-0.2, 0) is 22.6 Å². The number of halogens is 6. The number of ether oxygens (including phenoxy) is 2. The number of amidine groups is 1.